The number of hydrogen-bond acceptors (Lipinski definition) is 5. The van der Waals surface area contributed by atoms with Crippen molar-refractivity contribution in [3.05, 3.63) is 88.0 Å². The lowest BCUT2D eigenvalue weighted by Crippen LogP contribution is -2.42. The maximum atomic E-state index is 14.1. The van der Waals surface area contributed by atoms with Gasteiger partial charge in [0.15, 0.2) is 17.4 Å². The number of hydrogen-bond donors (Lipinski definition) is 1. The monoisotopic (exact) mass is 580 g/mol. The van der Waals surface area contributed by atoms with E-state index in [0.29, 0.717) is 40.4 Å². The fourth-order valence-corrected chi connectivity index (χ4v) is 7.51. The number of aryl methyl sites for hydroxylation is 1. The van der Waals surface area contributed by atoms with Gasteiger partial charge < -0.3 is 14.6 Å². The maximum absolute atomic E-state index is 14.1. The van der Waals surface area contributed by atoms with Gasteiger partial charge in [-0.25, -0.2) is 8.78 Å². The standard InChI is InChI=1S/C33H32F4N2O3/c1-33-12-11-23-22-7-5-21(40)14-19(22)4-6-24(23)25(33)8-10-29(33)39-38-16-18-3-9-28(41-2)20(13-18)17-42-32-30(36)26(34)15-27(35)31(32)37/h3,5,7,9,13-16,23-25,40H,4,6,8,10-12,17H2,1-2H3/b38-16-,39-29-/t23-,24+,25+,33-/m0/s1. The zero-order chi connectivity index (χ0) is 29.6. The molecule has 6 rings (SSSR count). The number of ether oxygens (including phenoxy) is 2. The highest BCUT2D eigenvalue weighted by Gasteiger charge is 2.53. The first-order chi connectivity index (χ1) is 20.2. The third-order valence-electron chi connectivity index (χ3n) is 9.58. The van der Waals surface area contributed by atoms with Crippen molar-refractivity contribution in [1.29, 1.82) is 0 Å². The molecule has 0 saturated heterocycles. The van der Waals surface area contributed by atoms with Crippen molar-refractivity contribution in [3.63, 3.8) is 0 Å². The van der Waals surface area contributed by atoms with E-state index in [1.807, 2.05) is 6.07 Å². The molecule has 220 valence electrons. The zero-order valence-corrected chi connectivity index (χ0v) is 23.5. The summed E-state index contributed by atoms with van der Waals surface area (Å²) < 4.78 is 65.8. The second kappa shape index (κ2) is 11.1. The zero-order valence-electron chi connectivity index (χ0n) is 23.5. The van der Waals surface area contributed by atoms with Crippen LogP contribution in [0, 0.1) is 40.5 Å². The Balaban J connectivity index is 1.18. The third kappa shape index (κ3) is 4.92. The molecule has 4 atom stereocenters. The van der Waals surface area contributed by atoms with Crippen LogP contribution in [0.4, 0.5) is 17.6 Å². The number of aromatic hydroxyl groups is 1. The van der Waals surface area contributed by atoms with Crippen LogP contribution in [0.5, 0.6) is 17.2 Å². The highest BCUT2D eigenvalue weighted by Crippen LogP contribution is 2.60. The summed E-state index contributed by atoms with van der Waals surface area (Å²) >= 11 is 0. The van der Waals surface area contributed by atoms with Gasteiger partial charge in [0.25, 0.3) is 0 Å². The fraction of sp³-hybridized carbons (Fsp3) is 0.394. The molecule has 2 fully saturated rings. The van der Waals surface area contributed by atoms with Crippen LogP contribution in [0.25, 0.3) is 0 Å². The Bertz CT molecular complexity index is 1560. The van der Waals surface area contributed by atoms with Gasteiger partial charge in [-0.1, -0.05) is 13.0 Å². The number of phenols is 1. The minimum absolute atomic E-state index is 0.0137. The Labute approximate surface area is 241 Å². The SMILES string of the molecule is COc1ccc(/C=N\N=C2\CC[C@@H]3[C@@H]4CCc5cc(O)ccc5[C@@H]4CC[C@]23C)cc1COc1c(F)c(F)cc(F)c1F. The number of nitrogens with zero attached hydrogens (tertiary/aromatic N) is 2. The van der Waals surface area contributed by atoms with Crippen molar-refractivity contribution in [1.82, 2.24) is 0 Å². The van der Waals surface area contributed by atoms with E-state index in [-0.39, 0.29) is 18.1 Å². The minimum atomic E-state index is -1.60. The Morgan fingerprint density at radius 3 is 2.52 bits per heavy atom. The van der Waals surface area contributed by atoms with E-state index >= 15 is 0 Å². The second-order valence-electron chi connectivity index (χ2n) is 11.7. The van der Waals surface area contributed by atoms with Crippen LogP contribution < -0.4 is 9.47 Å². The van der Waals surface area contributed by atoms with E-state index < -0.39 is 29.0 Å². The molecule has 0 aromatic heterocycles. The highest BCUT2D eigenvalue weighted by atomic mass is 19.2. The van der Waals surface area contributed by atoms with E-state index in [4.69, 9.17) is 9.47 Å². The molecule has 3 aromatic rings. The van der Waals surface area contributed by atoms with Crippen molar-refractivity contribution in [3.8, 4) is 17.2 Å². The summed E-state index contributed by atoms with van der Waals surface area (Å²) in [6.07, 6.45) is 7.79. The van der Waals surface area contributed by atoms with Gasteiger partial charge in [-0.2, -0.15) is 19.0 Å². The quantitative estimate of drug-likeness (QED) is 0.140. The highest BCUT2D eigenvalue weighted by molar-refractivity contribution is 5.93. The van der Waals surface area contributed by atoms with Crippen molar-refractivity contribution in [2.45, 2.75) is 58.0 Å². The lowest BCUT2D eigenvalue weighted by atomic mass is 9.55. The predicted octanol–water partition coefficient (Wildman–Crippen LogP) is 7.87. The number of fused-ring (bicyclic) bond motifs is 5. The predicted molar refractivity (Wildman–Crippen MR) is 151 cm³/mol. The smallest absolute Gasteiger partial charge is 0.203 e. The van der Waals surface area contributed by atoms with Gasteiger partial charge in [-0.05, 0) is 103 Å². The molecule has 0 aliphatic heterocycles. The Morgan fingerprint density at radius 2 is 1.76 bits per heavy atom. The Morgan fingerprint density at radius 1 is 0.976 bits per heavy atom. The number of rotatable bonds is 6. The molecule has 0 unspecified atom stereocenters. The molecule has 1 N–H and O–H groups in total. The average molecular weight is 581 g/mol. The minimum Gasteiger partial charge on any atom is -0.508 e. The Hall–Kier alpha value is -3.88. The molecule has 42 heavy (non-hydrogen) atoms. The first-order valence-corrected chi connectivity index (χ1v) is 14.2. The van der Waals surface area contributed by atoms with Crippen LogP contribution in [0.1, 0.15) is 67.2 Å². The molecule has 9 heteroatoms. The van der Waals surface area contributed by atoms with Gasteiger partial charge >= 0.3 is 0 Å². The molecule has 0 amide bonds. The molecule has 5 nitrogen and oxygen atoms in total. The van der Waals surface area contributed by atoms with Gasteiger partial charge in [0, 0.05) is 22.8 Å². The lowest BCUT2D eigenvalue weighted by molar-refractivity contribution is 0.0955. The number of methoxy groups -OCH3 is 1. The largest absolute Gasteiger partial charge is 0.508 e. The van der Waals surface area contributed by atoms with Crippen molar-refractivity contribution in [2.75, 3.05) is 7.11 Å². The molecular formula is C33H32F4N2O3. The summed E-state index contributed by atoms with van der Waals surface area (Å²) in [4.78, 5) is 0. The normalized spacial score (nSPS) is 25.8. The van der Waals surface area contributed by atoms with Gasteiger partial charge in [0.05, 0.1) is 13.3 Å². The molecular weight excluding hydrogens is 548 g/mol. The molecule has 0 bridgehead atoms. The summed E-state index contributed by atoms with van der Waals surface area (Å²) in [7, 11) is 1.43. The van der Waals surface area contributed by atoms with E-state index in [0.717, 1.165) is 44.2 Å². The summed E-state index contributed by atoms with van der Waals surface area (Å²) in [6.45, 7) is 1.93. The van der Waals surface area contributed by atoms with Gasteiger partial charge in [-0.15, -0.1) is 0 Å². The van der Waals surface area contributed by atoms with Gasteiger partial charge in [0.1, 0.15) is 18.1 Å². The maximum Gasteiger partial charge on any atom is 0.203 e. The van der Waals surface area contributed by atoms with Crippen LogP contribution in [0.3, 0.4) is 0 Å². The third-order valence-corrected chi connectivity index (χ3v) is 9.58. The van der Waals surface area contributed by atoms with E-state index in [2.05, 4.69) is 23.2 Å². The van der Waals surface area contributed by atoms with Gasteiger partial charge in [0.2, 0.25) is 11.6 Å². The molecule has 3 aromatic carbocycles. The van der Waals surface area contributed by atoms with Crippen molar-refractivity contribution >= 4 is 11.9 Å². The van der Waals surface area contributed by atoms with Crippen LogP contribution >= 0.6 is 0 Å². The number of benzene rings is 3. The molecule has 0 heterocycles. The first-order valence-electron chi connectivity index (χ1n) is 14.2. The molecule has 0 radical (unpaired) electrons. The van der Waals surface area contributed by atoms with Crippen molar-refractivity contribution < 1.29 is 32.1 Å². The molecule has 0 spiro atoms. The molecule has 3 aliphatic rings. The second-order valence-corrected chi connectivity index (χ2v) is 11.7. The fourth-order valence-electron chi connectivity index (χ4n) is 7.51. The van der Waals surface area contributed by atoms with Gasteiger partial charge in [-0.3, -0.25) is 0 Å². The summed E-state index contributed by atoms with van der Waals surface area (Å²) in [5, 5.41) is 19.0. The average Bonchev–Trinajstić information content (AvgIpc) is 3.32. The summed E-state index contributed by atoms with van der Waals surface area (Å²) in [6, 6.07) is 11.0. The summed E-state index contributed by atoms with van der Waals surface area (Å²) in [5.74, 6) is -5.06. The van der Waals surface area contributed by atoms with Crippen LogP contribution in [-0.2, 0) is 13.0 Å². The summed E-state index contributed by atoms with van der Waals surface area (Å²) in [5.41, 5.74) is 4.83. The molecule has 2 saturated carbocycles. The van der Waals surface area contributed by atoms with E-state index in [1.165, 1.54) is 18.2 Å². The lowest BCUT2D eigenvalue weighted by Gasteiger charge is -2.49. The number of phenolic OH excluding ortho intramolecular Hbond substituents is 1. The van der Waals surface area contributed by atoms with Crippen LogP contribution in [0.15, 0.2) is 52.7 Å². The van der Waals surface area contributed by atoms with E-state index in [9.17, 15) is 22.7 Å². The van der Waals surface area contributed by atoms with Crippen LogP contribution in [0.2, 0.25) is 0 Å². The van der Waals surface area contributed by atoms with Crippen molar-refractivity contribution in [2.24, 2.45) is 27.5 Å². The number of halogens is 4. The first kappa shape index (κ1) is 28.2. The van der Waals surface area contributed by atoms with E-state index in [1.54, 1.807) is 30.5 Å². The van der Waals surface area contributed by atoms with Crippen LogP contribution in [-0.4, -0.2) is 24.1 Å². The topological polar surface area (TPSA) is 63.4 Å². The molecule has 3 aliphatic carbocycles. The Kier molecular flexibility index (Phi) is 7.45.